The number of thiazole rings is 1. The van der Waals surface area contributed by atoms with Crippen molar-refractivity contribution in [3.63, 3.8) is 0 Å². The Kier molecular flexibility index (Phi) is 11.8. The third kappa shape index (κ3) is 10.5. The van der Waals surface area contributed by atoms with Crippen molar-refractivity contribution in [2.45, 2.75) is 29.9 Å². The molecule has 170 valence electrons. The molecule has 0 aliphatic heterocycles. The number of hydrogen-bond donors (Lipinski definition) is 3. The average Bonchev–Trinajstić information content (AvgIpc) is 3.45. The van der Waals surface area contributed by atoms with Crippen LogP contribution in [0, 0.1) is 5.92 Å². The molecule has 3 rings (SSSR count). The lowest BCUT2D eigenvalue weighted by Gasteiger charge is -2.07. The Morgan fingerprint density at radius 1 is 1.29 bits per heavy atom. The van der Waals surface area contributed by atoms with Gasteiger partial charge in [-0.05, 0) is 43.0 Å². The van der Waals surface area contributed by atoms with Gasteiger partial charge in [-0.3, -0.25) is 9.59 Å². The maximum atomic E-state index is 10.5. The first kappa shape index (κ1) is 25.0. The molecule has 1 heterocycles. The van der Waals surface area contributed by atoms with Gasteiger partial charge in [-0.2, -0.15) is 0 Å². The van der Waals surface area contributed by atoms with Crippen LogP contribution >= 0.6 is 23.1 Å². The van der Waals surface area contributed by atoms with E-state index in [1.807, 2.05) is 24.3 Å². The fraction of sp³-hybridized carbons (Fsp3) is 0.476. The summed E-state index contributed by atoms with van der Waals surface area (Å²) in [5.41, 5.74) is 0.892. The highest BCUT2D eigenvalue weighted by Crippen LogP contribution is 2.30. The number of aromatic nitrogens is 1. The smallest absolute Gasteiger partial charge is 0.313 e. The van der Waals surface area contributed by atoms with Gasteiger partial charge in [0.25, 0.3) is 0 Å². The Balaban J connectivity index is 0.000000316. The number of ether oxygens (including phenoxy) is 2. The van der Waals surface area contributed by atoms with Crippen LogP contribution in [-0.2, 0) is 14.3 Å². The highest BCUT2D eigenvalue weighted by atomic mass is 32.2. The maximum Gasteiger partial charge on any atom is 0.313 e. The SMILES string of the molecule is COCCOc1ccc(Nc2ncc(SCC(=O)O)s2)cc1.O=CNCC1CCCC1. The fourth-order valence-electron chi connectivity index (χ4n) is 2.95. The van der Waals surface area contributed by atoms with Crippen molar-refractivity contribution < 1.29 is 24.2 Å². The van der Waals surface area contributed by atoms with Crippen LogP contribution in [0.1, 0.15) is 25.7 Å². The molecule has 1 amide bonds. The maximum absolute atomic E-state index is 10.5. The van der Waals surface area contributed by atoms with E-state index in [1.54, 1.807) is 13.3 Å². The number of carboxylic acids is 1. The number of thioether (sulfide) groups is 1. The summed E-state index contributed by atoms with van der Waals surface area (Å²) in [6, 6.07) is 7.53. The van der Waals surface area contributed by atoms with Crippen LogP contribution < -0.4 is 15.4 Å². The van der Waals surface area contributed by atoms with Crippen molar-refractivity contribution in [3.05, 3.63) is 30.5 Å². The van der Waals surface area contributed by atoms with Gasteiger partial charge >= 0.3 is 5.97 Å². The first-order chi connectivity index (χ1) is 15.1. The summed E-state index contributed by atoms with van der Waals surface area (Å²) in [6.07, 6.45) is 7.78. The van der Waals surface area contributed by atoms with Crippen LogP contribution in [-0.4, -0.2) is 55.1 Å². The highest BCUT2D eigenvalue weighted by Gasteiger charge is 2.13. The zero-order valence-electron chi connectivity index (χ0n) is 17.5. The van der Waals surface area contributed by atoms with Gasteiger partial charge in [-0.15, -0.1) is 11.8 Å². The number of carbonyl (C=O) groups is 2. The Labute approximate surface area is 190 Å². The lowest BCUT2D eigenvalue weighted by Crippen LogP contribution is -2.18. The monoisotopic (exact) mass is 467 g/mol. The Morgan fingerprint density at radius 3 is 2.68 bits per heavy atom. The molecule has 1 aliphatic rings. The molecule has 1 aliphatic carbocycles. The van der Waals surface area contributed by atoms with E-state index in [0.717, 1.165) is 39.7 Å². The lowest BCUT2D eigenvalue weighted by molar-refractivity contribution is -0.133. The van der Waals surface area contributed by atoms with Crippen molar-refractivity contribution in [2.75, 3.05) is 37.9 Å². The second kappa shape index (κ2) is 14.7. The fourth-order valence-corrected chi connectivity index (χ4v) is 4.56. The van der Waals surface area contributed by atoms with Gasteiger partial charge < -0.3 is 25.2 Å². The summed E-state index contributed by atoms with van der Waals surface area (Å²) in [7, 11) is 1.63. The van der Waals surface area contributed by atoms with Crippen molar-refractivity contribution in [3.8, 4) is 5.75 Å². The molecule has 0 spiro atoms. The number of nitrogens with one attached hydrogen (secondary N) is 2. The van der Waals surface area contributed by atoms with Gasteiger partial charge in [0.05, 0.1) is 22.8 Å². The molecule has 1 aromatic carbocycles. The number of methoxy groups -OCH3 is 1. The molecule has 0 radical (unpaired) electrons. The molecular weight excluding hydrogens is 438 g/mol. The van der Waals surface area contributed by atoms with Gasteiger partial charge in [0.15, 0.2) is 5.13 Å². The number of benzene rings is 1. The number of carboxylic acid groups (broad SMARTS) is 1. The summed E-state index contributed by atoms with van der Waals surface area (Å²) in [5, 5.41) is 15.3. The Hall–Kier alpha value is -2.30. The Morgan fingerprint density at radius 2 is 2.03 bits per heavy atom. The molecule has 0 atom stereocenters. The van der Waals surface area contributed by atoms with Gasteiger partial charge in [0.2, 0.25) is 6.41 Å². The topological polar surface area (TPSA) is 110 Å². The predicted molar refractivity (Wildman–Crippen MR) is 124 cm³/mol. The molecule has 31 heavy (non-hydrogen) atoms. The van der Waals surface area contributed by atoms with E-state index in [1.165, 1.54) is 48.8 Å². The van der Waals surface area contributed by atoms with Crippen molar-refractivity contribution >= 4 is 46.3 Å². The van der Waals surface area contributed by atoms with Gasteiger partial charge in [0, 0.05) is 19.3 Å². The van der Waals surface area contributed by atoms with Crippen LogP contribution in [0.4, 0.5) is 10.8 Å². The van der Waals surface area contributed by atoms with Crippen LogP contribution in [0.3, 0.4) is 0 Å². The quantitative estimate of drug-likeness (QED) is 0.244. The van der Waals surface area contributed by atoms with E-state index >= 15 is 0 Å². The number of nitrogens with zero attached hydrogens (tertiary/aromatic N) is 1. The first-order valence-corrected chi connectivity index (χ1v) is 11.9. The molecular formula is C21H29N3O5S2. The zero-order valence-corrected chi connectivity index (χ0v) is 19.2. The lowest BCUT2D eigenvalue weighted by atomic mass is 10.1. The third-order valence-electron chi connectivity index (χ3n) is 4.45. The zero-order chi connectivity index (χ0) is 22.3. The van der Waals surface area contributed by atoms with E-state index in [9.17, 15) is 9.59 Å². The largest absolute Gasteiger partial charge is 0.491 e. The molecule has 1 aromatic heterocycles. The minimum Gasteiger partial charge on any atom is -0.491 e. The standard InChI is InChI=1S/C14H16N2O4S2.C7H13NO/c1-19-6-7-20-11-4-2-10(3-5-11)16-14-15-8-13(22-14)21-9-12(17)18;9-6-8-5-7-3-1-2-4-7/h2-5,8H,6-7,9H2,1H3,(H,15,16)(H,17,18);6-7H,1-5H2,(H,8,9). The normalized spacial score (nSPS) is 13.2. The van der Waals surface area contributed by atoms with Gasteiger partial charge in [-0.25, -0.2) is 4.98 Å². The molecule has 0 bridgehead atoms. The van der Waals surface area contributed by atoms with E-state index in [0.29, 0.717) is 13.2 Å². The summed E-state index contributed by atoms with van der Waals surface area (Å²) in [6.45, 7) is 1.96. The van der Waals surface area contributed by atoms with Crippen LogP contribution in [0.5, 0.6) is 5.75 Å². The number of carbonyl (C=O) groups excluding carboxylic acids is 1. The molecule has 10 heteroatoms. The summed E-state index contributed by atoms with van der Waals surface area (Å²) in [5.74, 6) is 0.751. The van der Waals surface area contributed by atoms with E-state index in [2.05, 4.69) is 15.6 Å². The van der Waals surface area contributed by atoms with Gasteiger partial charge in [0.1, 0.15) is 12.4 Å². The third-order valence-corrected chi connectivity index (χ3v) is 6.54. The molecule has 8 nitrogen and oxygen atoms in total. The average molecular weight is 468 g/mol. The van der Waals surface area contributed by atoms with Gasteiger partial charge in [-0.1, -0.05) is 24.2 Å². The minimum absolute atomic E-state index is 0.0368. The number of rotatable bonds is 12. The second-order valence-corrected chi connectivity index (χ2v) is 9.14. The minimum atomic E-state index is -0.836. The van der Waals surface area contributed by atoms with Crippen LogP contribution in [0.25, 0.3) is 0 Å². The summed E-state index contributed by atoms with van der Waals surface area (Å²) in [4.78, 5) is 24.6. The van der Waals surface area contributed by atoms with Crippen molar-refractivity contribution in [2.24, 2.45) is 5.92 Å². The number of aliphatic carboxylic acids is 1. The number of anilines is 2. The molecule has 2 aromatic rings. The van der Waals surface area contributed by atoms with E-state index in [4.69, 9.17) is 14.6 Å². The molecule has 0 saturated heterocycles. The second-order valence-electron chi connectivity index (χ2n) is 6.83. The first-order valence-electron chi connectivity index (χ1n) is 10.1. The van der Waals surface area contributed by atoms with Crippen molar-refractivity contribution in [1.82, 2.24) is 10.3 Å². The predicted octanol–water partition coefficient (Wildman–Crippen LogP) is 4.01. The highest BCUT2D eigenvalue weighted by molar-refractivity contribution is 8.01. The molecule has 3 N–H and O–H groups in total. The Bertz CT molecular complexity index is 780. The number of hydrogen-bond acceptors (Lipinski definition) is 8. The molecule has 1 saturated carbocycles. The van der Waals surface area contributed by atoms with Crippen molar-refractivity contribution in [1.29, 1.82) is 0 Å². The van der Waals surface area contributed by atoms with E-state index in [-0.39, 0.29) is 5.75 Å². The molecule has 1 fully saturated rings. The summed E-state index contributed by atoms with van der Waals surface area (Å²) < 4.78 is 11.3. The van der Waals surface area contributed by atoms with E-state index < -0.39 is 5.97 Å². The van der Waals surface area contributed by atoms with Crippen LogP contribution in [0.15, 0.2) is 34.7 Å². The molecule has 0 unspecified atom stereocenters. The number of amides is 1. The van der Waals surface area contributed by atoms with Crippen LogP contribution in [0.2, 0.25) is 0 Å². The summed E-state index contributed by atoms with van der Waals surface area (Å²) >= 11 is 2.68.